The number of carbonyl (C=O) groups is 1. The minimum Gasteiger partial charge on any atom is -0.508 e. The monoisotopic (exact) mass is 349 g/mol. The Kier molecular flexibility index (Phi) is 6.40. The number of rotatable bonds is 6. The summed E-state index contributed by atoms with van der Waals surface area (Å²) in [6.45, 7) is 5.88. The van der Waals surface area contributed by atoms with Gasteiger partial charge in [-0.15, -0.1) is 0 Å². The van der Waals surface area contributed by atoms with Gasteiger partial charge in [0.15, 0.2) is 0 Å². The molecule has 0 aliphatic heterocycles. The average molecular weight is 349 g/mol. The largest absolute Gasteiger partial charge is 0.508 e. The molecule has 2 aromatic carbocycles. The van der Waals surface area contributed by atoms with E-state index in [0.717, 1.165) is 35.2 Å². The molecule has 0 saturated heterocycles. The Labute approximate surface area is 154 Å². The van der Waals surface area contributed by atoms with Crippen molar-refractivity contribution in [1.29, 1.82) is 5.26 Å². The number of aryl methyl sites for hydroxylation is 3. The van der Waals surface area contributed by atoms with Crippen LogP contribution < -0.4 is 10.6 Å². The van der Waals surface area contributed by atoms with Crippen LogP contribution in [0, 0.1) is 18.3 Å². The Hall–Kier alpha value is -3.26. The molecule has 2 aromatic rings. The van der Waals surface area contributed by atoms with E-state index in [4.69, 9.17) is 0 Å². The molecule has 0 unspecified atom stereocenters. The summed E-state index contributed by atoms with van der Waals surface area (Å²) in [5, 5.41) is 24.7. The summed E-state index contributed by atoms with van der Waals surface area (Å²) < 4.78 is 0. The van der Waals surface area contributed by atoms with Crippen LogP contribution in [-0.2, 0) is 17.6 Å². The number of nitrogens with zero attached hydrogens (tertiary/aromatic N) is 1. The van der Waals surface area contributed by atoms with Gasteiger partial charge in [0.1, 0.15) is 17.4 Å². The first-order chi connectivity index (χ1) is 12.5. The molecule has 1 amide bonds. The van der Waals surface area contributed by atoms with Crippen LogP contribution >= 0.6 is 0 Å². The Morgan fingerprint density at radius 2 is 1.85 bits per heavy atom. The smallest absolute Gasteiger partial charge is 0.267 e. The third-order valence-electron chi connectivity index (χ3n) is 4.18. The summed E-state index contributed by atoms with van der Waals surface area (Å²) >= 11 is 0. The van der Waals surface area contributed by atoms with Crippen LogP contribution in [0.1, 0.15) is 30.5 Å². The highest BCUT2D eigenvalue weighted by atomic mass is 16.3. The predicted molar refractivity (Wildman–Crippen MR) is 104 cm³/mol. The first-order valence-electron chi connectivity index (χ1n) is 8.58. The zero-order chi connectivity index (χ0) is 19.1. The molecule has 5 nitrogen and oxygen atoms in total. The normalized spacial score (nSPS) is 10.9. The first kappa shape index (κ1) is 19.1. The van der Waals surface area contributed by atoms with Crippen molar-refractivity contribution < 1.29 is 9.90 Å². The van der Waals surface area contributed by atoms with Crippen molar-refractivity contribution in [2.45, 2.75) is 33.6 Å². The number of para-hydroxylation sites is 1. The molecule has 0 bridgehead atoms. The van der Waals surface area contributed by atoms with E-state index in [1.165, 1.54) is 6.20 Å². The number of aromatic hydroxyl groups is 1. The summed E-state index contributed by atoms with van der Waals surface area (Å²) in [5.74, 6) is -0.287. The molecule has 5 heteroatoms. The molecule has 0 spiro atoms. The number of carbonyl (C=O) groups excluding carboxylic acids is 1. The number of hydrogen-bond donors (Lipinski definition) is 3. The Morgan fingerprint density at radius 3 is 2.38 bits per heavy atom. The number of hydrogen-bond acceptors (Lipinski definition) is 4. The summed E-state index contributed by atoms with van der Waals surface area (Å²) in [6, 6.07) is 12.7. The molecule has 2 rings (SSSR count). The fourth-order valence-electron chi connectivity index (χ4n) is 2.69. The quantitative estimate of drug-likeness (QED) is 0.413. The van der Waals surface area contributed by atoms with Gasteiger partial charge in [-0.2, -0.15) is 5.26 Å². The lowest BCUT2D eigenvalue weighted by Gasteiger charge is -2.14. The minimum absolute atomic E-state index is 0.0227. The number of anilines is 2. The second-order valence-electron chi connectivity index (χ2n) is 5.93. The molecule has 0 saturated carbocycles. The molecular formula is C21H23N3O2. The van der Waals surface area contributed by atoms with Gasteiger partial charge >= 0.3 is 0 Å². The number of benzene rings is 2. The molecular weight excluding hydrogens is 326 g/mol. The fourth-order valence-corrected chi connectivity index (χ4v) is 2.69. The molecule has 0 atom stereocenters. The van der Waals surface area contributed by atoms with Gasteiger partial charge in [-0.1, -0.05) is 32.0 Å². The predicted octanol–water partition coefficient (Wildman–Crippen LogP) is 4.28. The number of nitriles is 1. The minimum atomic E-state index is -0.452. The topological polar surface area (TPSA) is 85.2 Å². The standard InChI is InChI=1S/C21H23N3O2/c1-4-15-7-6-8-16(5-2)20(15)24-21(26)17(12-22)13-23-19-10-9-18(25)11-14(19)3/h6-11,13,23,25H,4-5H2,1-3H3,(H,24,26)/b17-13-. The number of amides is 1. The van der Waals surface area contributed by atoms with Gasteiger partial charge in [0.05, 0.1) is 0 Å². The first-order valence-corrected chi connectivity index (χ1v) is 8.58. The van der Waals surface area contributed by atoms with Crippen molar-refractivity contribution in [3.63, 3.8) is 0 Å². The summed E-state index contributed by atoms with van der Waals surface area (Å²) in [7, 11) is 0. The molecule has 3 N–H and O–H groups in total. The Balaban J connectivity index is 2.23. The van der Waals surface area contributed by atoms with E-state index < -0.39 is 5.91 Å². The van der Waals surface area contributed by atoms with E-state index in [9.17, 15) is 15.2 Å². The van der Waals surface area contributed by atoms with Crippen LogP contribution in [0.15, 0.2) is 48.2 Å². The fraction of sp³-hybridized carbons (Fsp3) is 0.238. The van der Waals surface area contributed by atoms with Gasteiger partial charge < -0.3 is 15.7 Å². The maximum absolute atomic E-state index is 12.6. The van der Waals surface area contributed by atoms with Crippen LogP contribution in [0.3, 0.4) is 0 Å². The highest BCUT2D eigenvalue weighted by molar-refractivity contribution is 6.07. The molecule has 0 aromatic heterocycles. The molecule has 0 heterocycles. The van der Waals surface area contributed by atoms with Gasteiger partial charge in [0, 0.05) is 17.6 Å². The van der Waals surface area contributed by atoms with Gasteiger partial charge in [-0.3, -0.25) is 4.79 Å². The molecule has 134 valence electrons. The van der Waals surface area contributed by atoms with Crippen LogP contribution in [0.2, 0.25) is 0 Å². The molecule has 0 fully saturated rings. The van der Waals surface area contributed by atoms with Gasteiger partial charge in [0.2, 0.25) is 0 Å². The Bertz CT molecular complexity index is 857. The number of phenolic OH excluding ortho intramolecular Hbond substituents is 1. The second kappa shape index (κ2) is 8.72. The van der Waals surface area contributed by atoms with Crippen molar-refractivity contribution in [3.05, 3.63) is 64.9 Å². The van der Waals surface area contributed by atoms with Crippen molar-refractivity contribution >= 4 is 17.3 Å². The SMILES string of the molecule is CCc1cccc(CC)c1NC(=O)/C(C#N)=C\Nc1ccc(O)cc1C. The summed E-state index contributed by atoms with van der Waals surface area (Å²) in [6.07, 6.45) is 2.97. The third kappa shape index (κ3) is 4.42. The van der Waals surface area contributed by atoms with E-state index in [2.05, 4.69) is 10.6 Å². The average Bonchev–Trinajstić information content (AvgIpc) is 2.63. The van der Waals surface area contributed by atoms with E-state index >= 15 is 0 Å². The molecule has 0 aliphatic carbocycles. The summed E-state index contributed by atoms with van der Waals surface area (Å²) in [4.78, 5) is 12.6. The van der Waals surface area contributed by atoms with Gasteiger partial charge in [-0.25, -0.2) is 0 Å². The zero-order valence-corrected chi connectivity index (χ0v) is 15.3. The van der Waals surface area contributed by atoms with Crippen LogP contribution in [-0.4, -0.2) is 11.0 Å². The van der Waals surface area contributed by atoms with E-state index in [0.29, 0.717) is 5.69 Å². The maximum atomic E-state index is 12.6. The third-order valence-corrected chi connectivity index (χ3v) is 4.18. The lowest BCUT2D eigenvalue weighted by Crippen LogP contribution is -2.17. The lowest BCUT2D eigenvalue weighted by atomic mass is 10.0. The zero-order valence-electron chi connectivity index (χ0n) is 15.3. The molecule has 26 heavy (non-hydrogen) atoms. The van der Waals surface area contributed by atoms with Gasteiger partial charge in [-0.05, 0) is 54.7 Å². The van der Waals surface area contributed by atoms with Crippen molar-refractivity contribution in [2.24, 2.45) is 0 Å². The van der Waals surface area contributed by atoms with Crippen molar-refractivity contribution in [1.82, 2.24) is 0 Å². The van der Waals surface area contributed by atoms with Crippen LogP contribution in [0.25, 0.3) is 0 Å². The van der Waals surface area contributed by atoms with Crippen LogP contribution in [0.5, 0.6) is 5.75 Å². The van der Waals surface area contributed by atoms with Crippen molar-refractivity contribution in [2.75, 3.05) is 10.6 Å². The van der Waals surface area contributed by atoms with Crippen LogP contribution in [0.4, 0.5) is 11.4 Å². The van der Waals surface area contributed by atoms with Gasteiger partial charge in [0.25, 0.3) is 5.91 Å². The van der Waals surface area contributed by atoms with Crippen molar-refractivity contribution in [3.8, 4) is 11.8 Å². The lowest BCUT2D eigenvalue weighted by molar-refractivity contribution is -0.112. The second-order valence-corrected chi connectivity index (χ2v) is 5.93. The summed E-state index contributed by atoms with van der Waals surface area (Å²) in [5.41, 5.74) is 4.36. The highest BCUT2D eigenvalue weighted by Crippen LogP contribution is 2.24. The molecule has 0 aliphatic rings. The van der Waals surface area contributed by atoms with E-state index in [-0.39, 0.29) is 11.3 Å². The number of phenols is 1. The highest BCUT2D eigenvalue weighted by Gasteiger charge is 2.14. The van der Waals surface area contributed by atoms with E-state index in [1.807, 2.05) is 45.0 Å². The molecule has 0 radical (unpaired) electrons. The maximum Gasteiger partial charge on any atom is 0.267 e. The van der Waals surface area contributed by atoms with E-state index in [1.54, 1.807) is 18.2 Å². The number of nitrogens with one attached hydrogen (secondary N) is 2. The Morgan fingerprint density at radius 1 is 1.19 bits per heavy atom.